The minimum Gasteiger partial charge on any atom is -0.266 e. The monoisotopic (exact) mass is 320 g/mol. The van der Waals surface area contributed by atoms with Crippen molar-refractivity contribution in [2.45, 2.75) is 32.6 Å². The quantitative estimate of drug-likeness (QED) is 0.789. The average molecular weight is 321 g/mol. The Morgan fingerprint density at radius 3 is 3.00 bits per heavy atom. The van der Waals surface area contributed by atoms with E-state index in [1.54, 1.807) is 0 Å². The normalized spacial score (nSPS) is 20.9. The van der Waals surface area contributed by atoms with E-state index in [4.69, 9.17) is 11.6 Å². The Morgan fingerprint density at radius 2 is 2.24 bits per heavy atom. The molecule has 0 spiro atoms. The first-order valence-corrected chi connectivity index (χ1v) is 8.37. The van der Waals surface area contributed by atoms with Crippen LogP contribution in [0, 0.1) is 5.92 Å². The summed E-state index contributed by atoms with van der Waals surface area (Å²) in [6.45, 7) is 2.22. The van der Waals surface area contributed by atoms with Gasteiger partial charge in [-0.2, -0.15) is 5.10 Å². The van der Waals surface area contributed by atoms with Crippen LogP contribution in [0.3, 0.4) is 0 Å². The lowest BCUT2D eigenvalue weighted by Crippen LogP contribution is -2.21. The summed E-state index contributed by atoms with van der Waals surface area (Å²) in [6.07, 6.45) is 4.35. The molecule has 1 saturated carbocycles. The molecule has 1 atom stereocenters. The Morgan fingerprint density at radius 1 is 1.43 bits per heavy atom. The predicted molar refractivity (Wildman–Crippen MR) is 89.4 cm³/mol. The number of hydrogen-bond donors (Lipinski definition) is 1. The molecule has 5 heteroatoms. The van der Waals surface area contributed by atoms with Gasteiger partial charge in [-0.3, -0.25) is 4.79 Å². The molecule has 1 fully saturated rings. The maximum Gasteiger partial charge on any atom is 0.283 e. The average Bonchev–Trinajstić information content (AvgIpc) is 2.83. The smallest absolute Gasteiger partial charge is 0.266 e. The molecule has 1 amide bonds. The molecule has 3 nitrogen and oxygen atoms in total. The molecule has 0 bridgehead atoms. The third-order valence-electron chi connectivity index (χ3n) is 3.80. The molecule has 1 aromatic carbocycles. The fourth-order valence-corrected chi connectivity index (χ4v) is 4.11. The van der Waals surface area contributed by atoms with Crippen molar-refractivity contribution < 1.29 is 4.79 Å². The second kappa shape index (κ2) is 6.16. The second-order valence-corrected chi connectivity index (χ2v) is 6.99. The number of amides is 1. The van der Waals surface area contributed by atoms with E-state index in [9.17, 15) is 4.79 Å². The number of thiophene rings is 1. The van der Waals surface area contributed by atoms with Crippen LogP contribution in [0.4, 0.5) is 0 Å². The van der Waals surface area contributed by atoms with E-state index in [1.165, 1.54) is 17.8 Å². The van der Waals surface area contributed by atoms with Gasteiger partial charge in [0.05, 0.1) is 5.02 Å². The highest BCUT2D eigenvalue weighted by molar-refractivity contribution is 7.21. The van der Waals surface area contributed by atoms with Gasteiger partial charge in [0, 0.05) is 15.8 Å². The number of carbonyl (C=O) groups is 1. The third kappa shape index (κ3) is 3.11. The van der Waals surface area contributed by atoms with Crippen LogP contribution in [0.25, 0.3) is 10.1 Å². The Labute approximate surface area is 133 Å². The van der Waals surface area contributed by atoms with Crippen molar-refractivity contribution in [3.63, 3.8) is 0 Å². The summed E-state index contributed by atoms with van der Waals surface area (Å²) >= 11 is 7.70. The molecular weight excluding hydrogens is 304 g/mol. The molecule has 21 heavy (non-hydrogen) atoms. The van der Waals surface area contributed by atoms with Crippen molar-refractivity contribution in [3.05, 3.63) is 34.2 Å². The molecule has 1 heterocycles. The van der Waals surface area contributed by atoms with E-state index in [0.717, 1.165) is 35.1 Å². The maximum absolute atomic E-state index is 12.3. The Hall–Kier alpha value is -1.39. The molecule has 1 aliphatic carbocycles. The topological polar surface area (TPSA) is 41.5 Å². The first-order valence-electron chi connectivity index (χ1n) is 7.18. The fraction of sp³-hybridized carbons (Fsp3) is 0.375. The lowest BCUT2D eigenvalue weighted by atomic mass is 9.89. The molecule has 110 valence electrons. The van der Waals surface area contributed by atoms with Gasteiger partial charge in [-0.15, -0.1) is 11.3 Å². The highest BCUT2D eigenvalue weighted by Gasteiger charge is 2.18. The lowest BCUT2D eigenvalue weighted by Gasteiger charge is -2.18. The summed E-state index contributed by atoms with van der Waals surface area (Å²) in [7, 11) is 0. The highest BCUT2D eigenvalue weighted by atomic mass is 35.5. The Kier molecular flexibility index (Phi) is 4.27. The molecule has 0 saturated heterocycles. The second-order valence-electron chi connectivity index (χ2n) is 5.56. The van der Waals surface area contributed by atoms with Crippen LogP contribution in [0.1, 0.15) is 42.3 Å². The number of nitrogens with one attached hydrogen (secondary N) is 1. The number of nitrogens with zero attached hydrogens (tertiary/aromatic N) is 1. The zero-order valence-electron chi connectivity index (χ0n) is 11.9. The van der Waals surface area contributed by atoms with Gasteiger partial charge in [0.2, 0.25) is 0 Å². The van der Waals surface area contributed by atoms with Gasteiger partial charge < -0.3 is 0 Å². The molecule has 1 aromatic heterocycles. The summed E-state index contributed by atoms with van der Waals surface area (Å²) in [6, 6.07) is 7.77. The van der Waals surface area contributed by atoms with Crippen molar-refractivity contribution in [2.75, 3.05) is 0 Å². The van der Waals surface area contributed by atoms with Gasteiger partial charge in [0.1, 0.15) is 4.88 Å². The number of rotatable bonds is 2. The van der Waals surface area contributed by atoms with Crippen LogP contribution in [0.15, 0.2) is 29.4 Å². The zero-order chi connectivity index (χ0) is 14.8. The summed E-state index contributed by atoms with van der Waals surface area (Å²) in [4.78, 5) is 12.8. The van der Waals surface area contributed by atoms with E-state index in [1.807, 2.05) is 24.3 Å². The van der Waals surface area contributed by atoms with Gasteiger partial charge in [0.15, 0.2) is 0 Å². The molecular formula is C16H17ClN2OS. The van der Waals surface area contributed by atoms with Crippen LogP contribution in [0.5, 0.6) is 0 Å². The van der Waals surface area contributed by atoms with Gasteiger partial charge in [-0.25, -0.2) is 5.43 Å². The number of carbonyl (C=O) groups excluding carboxylic acids is 1. The maximum atomic E-state index is 12.3. The van der Waals surface area contributed by atoms with E-state index in [0.29, 0.717) is 15.8 Å². The largest absolute Gasteiger partial charge is 0.283 e. The predicted octanol–water partition coefficient (Wildman–Crippen LogP) is 4.85. The number of benzene rings is 1. The van der Waals surface area contributed by atoms with Gasteiger partial charge in [-0.1, -0.05) is 36.7 Å². The molecule has 3 rings (SSSR count). The van der Waals surface area contributed by atoms with Crippen molar-refractivity contribution in [1.29, 1.82) is 0 Å². The van der Waals surface area contributed by atoms with Crippen molar-refractivity contribution in [1.82, 2.24) is 5.43 Å². The summed E-state index contributed by atoms with van der Waals surface area (Å²) in [5.74, 6) is 0.439. The molecule has 1 unspecified atom stereocenters. The number of fused-ring (bicyclic) bond motifs is 1. The molecule has 2 aromatic rings. The third-order valence-corrected chi connectivity index (χ3v) is 5.48. The van der Waals surface area contributed by atoms with Crippen LogP contribution >= 0.6 is 22.9 Å². The zero-order valence-corrected chi connectivity index (χ0v) is 13.4. The minimum atomic E-state index is -0.216. The van der Waals surface area contributed by atoms with Crippen molar-refractivity contribution in [2.24, 2.45) is 11.0 Å². The Balaban J connectivity index is 1.78. The van der Waals surface area contributed by atoms with Gasteiger partial charge >= 0.3 is 0 Å². The number of hydrogen-bond acceptors (Lipinski definition) is 3. The minimum absolute atomic E-state index is 0.216. The van der Waals surface area contributed by atoms with E-state index >= 15 is 0 Å². The standard InChI is InChI=1S/C16H17ClN2OS/c1-10-5-4-6-11(9-10)18-19-16(20)15-14(17)12-7-2-3-8-13(12)21-15/h2-3,7-8,10H,4-6,9H2,1H3,(H,19,20). The first kappa shape index (κ1) is 14.5. The van der Waals surface area contributed by atoms with Gasteiger partial charge in [0.25, 0.3) is 5.91 Å². The summed E-state index contributed by atoms with van der Waals surface area (Å²) < 4.78 is 1.02. The van der Waals surface area contributed by atoms with E-state index in [2.05, 4.69) is 17.5 Å². The molecule has 1 aliphatic rings. The summed E-state index contributed by atoms with van der Waals surface area (Å²) in [5.41, 5.74) is 3.75. The molecule has 1 N–H and O–H groups in total. The van der Waals surface area contributed by atoms with Gasteiger partial charge in [-0.05, 0) is 37.7 Å². The van der Waals surface area contributed by atoms with Crippen LogP contribution < -0.4 is 5.43 Å². The lowest BCUT2D eigenvalue weighted by molar-refractivity contribution is 0.0958. The molecule has 0 aliphatic heterocycles. The summed E-state index contributed by atoms with van der Waals surface area (Å²) in [5, 5.41) is 5.73. The van der Waals surface area contributed by atoms with Crippen LogP contribution in [0.2, 0.25) is 5.02 Å². The van der Waals surface area contributed by atoms with Crippen molar-refractivity contribution in [3.8, 4) is 0 Å². The van der Waals surface area contributed by atoms with Crippen LogP contribution in [-0.2, 0) is 0 Å². The number of halogens is 1. The Bertz CT molecular complexity index is 707. The first-order chi connectivity index (χ1) is 10.1. The highest BCUT2D eigenvalue weighted by Crippen LogP contribution is 2.35. The number of hydrazone groups is 1. The molecule has 0 radical (unpaired) electrons. The van der Waals surface area contributed by atoms with E-state index in [-0.39, 0.29) is 5.91 Å². The SMILES string of the molecule is CC1CCCC(=NNC(=O)c2sc3ccccc3c2Cl)C1. The van der Waals surface area contributed by atoms with Crippen molar-refractivity contribution >= 4 is 44.6 Å². The van der Waals surface area contributed by atoms with E-state index < -0.39 is 0 Å². The van der Waals surface area contributed by atoms with Crippen LogP contribution in [-0.4, -0.2) is 11.6 Å². The fourth-order valence-electron chi connectivity index (χ4n) is 2.70.